The highest BCUT2D eigenvalue weighted by Crippen LogP contribution is 2.27. The molecule has 0 spiro atoms. The van der Waals surface area contributed by atoms with Gasteiger partial charge in [-0.05, 0) is 36.4 Å². The molecule has 2 aromatic carbocycles. The van der Waals surface area contributed by atoms with Crippen molar-refractivity contribution in [3.63, 3.8) is 0 Å². The second kappa shape index (κ2) is 8.43. The Hall–Kier alpha value is -2.24. The standard InChI is InChI=1S/C19H20Cl2N2O3/c1-19(2,3)18(25)23-14-6-4-5-13(10-14)22-17(24)11-26-16-8-7-12(20)9-15(16)21/h4-10H,11H2,1-3H3,(H,22,24)(H,23,25). The SMILES string of the molecule is CC(C)(C)C(=O)Nc1cccc(NC(=O)COc2ccc(Cl)cc2Cl)c1. The summed E-state index contributed by atoms with van der Waals surface area (Å²) in [5.74, 6) is -0.0885. The van der Waals surface area contributed by atoms with E-state index in [-0.39, 0.29) is 18.4 Å². The fourth-order valence-corrected chi connectivity index (χ4v) is 2.39. The lowest BCUT2D eigenvalue weighted by Gasteiger charge is -2.18. The number of carbonyl (C=O) groups is 2. The monoisotopic (exact) mass is 394 g/mol. The van der Waals surface area contributed by atoms with Crippen molar-refractivity contribution in [2.24, 2.45) is 5.41 Å². The van der Waals surface area contributed by atoms with E-state index in [4.69, 9.17) is 27.9 Å². The first-order chi connectivity index (χ1) is 12.1. The van der Waals surface area contributed by atoms with Crippen molar-refractivity contribution in [3.8, 4) is 5.75 Å². The van der Waals surface area contributed by atoms with Gasteiger partial charge >= 0.3 is 0 Å². The van der Waals surface area contributed by atoms with Crippen LogP contribution in [0.3, 0.4) is 0 Å². The van der Waals surface area contributed by atoms with Crippen molar-refractivity contribution < 1.29 is 14.3 Å². The smallest absolute Gasteiger partial charge is 0.262 e. The Kier molecular flexibility index (Phi) is 6.51. The van der Waals surface area contributed by atoms with Crippen LogP contribution in [-0.2, 0) is 9.59 Å². The van der Waals surface area contributed by atoms with E-state index in [0.717, 1.165) is 0 Å². The Morgan fingerprint density at radius 2 is 1.65 bits per heavy atom. The van der Waals surface area contributed by atoms with E-state index in [1.807, 2.05) is 20.8 Å². The lowest BCUT2D eigenvalue weighted by molar-refractivity contribution is -0.123. The molecular formula is C19H20Cl2N2O3. The second-order valence-electron chi connectivity index (χ2n) is 6.70. The van der Waals surface area contributed by atoms with Gasteiger partial charge in [0.05, 0.1) is 5.02 Å². The van der Waals surface area contributed by atoms with Gasteiger partial charge in [-0.1, -0.05) is 50.0 Å². The predicted molar refractivity (Wildman–Crippen MR) is 105 cm³/mol. The third kappa shape index (κ3) is 5.93. The molecule has 0 aliphatic heterocycles. The van der Waals surface area contributed by atoms with E-state index in [1.165, 1.54) is 6.07 Å². The van der Waals surface area contributed by atoms with Crippen LogP contribution in [0.25, 0.3) is 0 Å². The van der Waals surface area contributed by atoms with Crippen LogP contribution in [0.2, 0.25) is 10.0 Å². The van der Waals surface area contributed by atoms with Crippen molar-refractivity contribution in [3.05, 3.63) is 52.5 Å². The number of amides is 2. The molecule has 5 nitrogen and oxygen atoms in total. The molecule has 7 heteroatoms. The first-order valence-electron chi connectivity index (χ1n) is 7.94. The number of benzene rings is 2. The molecule has 2 rings (SSSR count). The second-order valence-corrected chi connectivity index (χ2v) is 7.54. The topological polar surface area (TPSA) is 67.4 Å². The summed E-state index contributed by atoms with van der Waals surface area (Å²) in [5.41, 5.74) is 0.641. The van der Waals surface area contributed by atoms with Crippen molar-refractivity contribution in [2.75, 3.05) is 17.2 Å². The van der Waals surface area contributed by atoms with Crippen LogP contribution in [0.4, 0.5) is 11.4 Å². The minimum atomic E-state index is -0.509. The number of hydrogen-bond donors (Lipinski definition) is 2. The van der Waals surface area contributed by atoms with E-state index < -0.39 is 5.41 Å². The molecule has 2 N–H and O–H groups in total. The molecule has 2 amide bonds. The normalized spacial score (nSPS) is 11.0. The summed E-state index contributed by atoms with van der Waals surface area (Å²) in [6, 6.07) is 11.7. The molecule has 0 fully saturated rings. The lowest BCUT2D eigenvalue weighted by atomic mass is 9.95. The Bertz CT molecular complexity index is 817. The maximum Gasteiger partial charge on any atom is 0.262 e. The summed E-state index contributed by atoms with van der Waals surface area (Å²) in [4.78, 5) is 24.1. The third-order valence-electron chi connectivity index (χ3n) is 3.34. The van der Waals surface area contributed by atoms with Crippen LogP contribution in [0.15, 0.2) is 42.5 Å². The van der Waals surface area contributed by atoms with Crippen LogP contribution in [-0.4, -0.2) is 18.4 Å². The largest absolute Gasteiger partial charge is 0.482 e. The average molecular weight is 395 g/mol. The molecule has 0 aromatic heterocycles. The zero-order valence-electron chi connectivity index (χ0n) is 14.7. The van der Waals surface area contributed by atoms with Crippen molar-refractivity contribution in [1.29, 1.82) is 0 Å². The van der Waals surface area contributed by atoms with E-state index in [0.29, 0.717) is 27.2 Å². The van der Waals surface area contributed by atoms with Gasteiger partial charge in [-0.15, -0.1) is 0 Å². The molecule has 26 heavy (non-hydrogen) atoms. The maximum atomic E-state index is 12.1. The molecule has 0 unspecified atom stereocenters. The Morgan fingerprint density at radius 1 is 1.00 bits per heavy atom. The minimum absolute atomic E-state index is 0.110. The molecule has 0 heterocycles. The summed E-state index contributed by atoms with van der Waals surface area (Å²) in [6.07, 6.45) is 0. The highest BCUT2D eigenvalue weighted by molar-refractivity contribution is 6.35. The molecule has 0 saturated carbocycles. The van der Waals surface area contributed by atoms with Crippen LogP contribution in [0, 0.1) is 5.41 Å². The van der Waals surface area contributed by atoms with Crippen molar-refractivity contribution >= 4 is 46.4 Å². The van der Waals surface area contributed by atoms with Crippen LogP contribution >= 0.6 is 23.2 Å². The summed E-state index contributed by atoms with van der Waals surface area (Å²) < 4.78 is 5.39. The summed E-state index contributed by atoms with van der Waals surface area (Å²) in [6.45, 7) is 5.27. The van der Waals surface area contributed by atoms with Gasteiger partial charge in [-0.3, -0.25) is 9.59 Å². The molecule has 0 saturated heterocycles. The van der Waals surface area contributed by atoms with Gasteiger partial charge in [0.2, 0.25) is 5.91 Å². The van der Waals surface area contributed by atoms with Gasteiger partial charge in [0.15, 0.2) is 6.61 Å². The maximum absolute atomic E-state index is 12.1. The summed E-state index contributed by atoms with van der Waals surface area (Å²) in [7, 11) is 0. The van der Waals surface area contributed by atoms with E-state index in [1.54, 1.807) is 36.4 Å². The summed E-state index contributed by atoms with van der Waals surface area (Å²) >= 11 is 11.8. The molecular weight excluding hydrogens is 375 g/mol. The van der Waals surface area contributed by atoms with Crippen molar-refractivity contribution in [2.45, 2.75) is 20.8 Å². The quantitative estimate of drug-likeness (QED) is 0.749. The summed E-state index contributed by atoms with van der Waals surface area (Å²) in [5, 5.41) is 6.34. The Balaban J connectivity index is 1.94. The van der Waals surface area contributed by atoms with E-state index in [9.17, 15) is 9.59 Å². The molecule has 0 atom stereocenters. The Morgan fingerprint density at radius 3 is 2.27 bits per heavy atom. The number of hydrogen-bond acceptors (Lipinski definition) is 3. The number of halogens is 2. The number of anilines is 2. The molecule has 0 radical (unpaired) electrons. The first-order valence-corrected chi connectivity index (χ1v) is 8.70. The number of nitrogens with one attached hydrogen (secondary N) is 2. The number of ether oxygens (including phenoxy) is 1. The Labute approximate surface area is 162 Å². The van der Waals surface area contributed by atoms with Gasteiger partial charge in [0.25, 0.3) is 5.91 Å². The van der Waals surface area contributed by atoms with Crippen molar-refractivity contribution in [1.82, 2.24) is 0 Å². The first kappa shape index (κ1) is 20.1. The van der Waals surface area contributed by atoms with Gasteiger partial charge in [-0.2, -0.15) is 0 Å². The molecule has 138 valence electrons. The fraction of sp³-hybridized carbons (Fsp3) is 0.263. The molecule has 0 aliphatic rings. The lowest BCUT2D eigenvalue weighted by Crippen LogP contribution is -2.27. The third-order valence-corrected chi connectivity index (χ3v) is 3.87. The average Bonchev–Trinajstić information content (AvgIpc) is 2.53. The highest BCUT2D eigenvalue weighted by atomic mass is 35.5. The van der Waals surface area contributed by atoms with Crippen LogP contribution in [0.1, 0.15) is 20.8 Å². The van der Waals surface area contributed by atoms with Gasteiger partial charge in [0, 0.05) is 21.8 Å². The molecule has 0 aliphatic carbocycles. The van der Waals surface area contributed by atoms with E-state index >= 15 is 0 Å². The minimum Gasteiger partial charge on any atom is -0.482 e. The van der Waals surface area contributed by atoms with Crippen LogP contribution < -0.4 is 15.4 Å². The van der Waals surface area contributed by atoms with Gasteiger partial charge < -0.3 is 15.4 Å². The predicted octanol–water partition coefficient (Wildman–Crippen LogP) is 5.00. The zero-order chi connectivity index (χ0) is 19.3. The molecule has 2 aromatic rings. The highest BCUT2D eigenvalue weighted by Gasteiger charge is 2.21. The van der Waals surface area contributed by atoms with E-state index in [2.05, 4.69) is 10.6 Å². The molecule has 0 bridgehead atoms. The number of rotatable bonds is 5. The van der Waals surface area contributed by atoms with Gasteiger partial charge in [-0.25, -0.2) is 0 Å². The zero-order valence-corrected chi connectivity index (χ0v) is 16.2. The number of carbonyl (C=O) groups excluding carboxylic acids is 2. The van der Waals surface area contributed by atoms with Gasteiger partial charge in [0.1, 0.15) is 5.75 Å². The van der Waals surface area contributed by atoms with Crippen LogP contribution in [0.5, 0.6) is 5.75 Å². The fourth-order valence-electron chi connectivity index (χ4n) is 1.93.